The number of furan rings is 1. The summed E-state index contributed by atoms with van der Waals surface area (Å²) in [4.78, 5) is 4.57. The summed E-state index contributed by atoms with van der Waals surface area (Å²) in [6.45, 7) is 0. The Bertz CT molecular complexity index is 1230. The van der Waals surface area contributed by atoms with Gasteiger partial charge in [0.15, 0.2) is 0 Å². The van der Waals surface area contributed by atoms with Crippen LogP contribution >= 0.6 is 46.1 Å². The molecule has 0 amide bonds. The molecular weight excluding hydrogens is 447 g/mol. The monoisotopic (exact) mass is 456 g/mol. The zero-order valence-corrected chi connectivity index (χ0v) is 17.8. The maximum atomic E-state index is 9.61. The van der Waals surface area contributed by atoms with Crippen molar-refractivity contribution in [3.8, 4) is 28.7 Å². The Kier molecular flexibility index (Phi) is 5.75. The number of rotatable bonds is 4. The van der Waals surface area contributed by atoms with Crippen molar-refractivity contribution in [1.82, 2.24) is 4.98 Å². The molecule has 0 saturated carbocycles. The smallest absolute Gasteiger partial charge is 0.134 e. The van der Waals surface area contributed by atoms with E-state index < -0.39 is 0 Å². The van der Waals surface area contributed by atoms with Crippen LogP contribution in [0.3, 0.4) is 0 Å². The van der Waals surface area contributed by atoms with Crippen LogP contribution in [0.25, 0.3) is 34.2 Å². The largest absolute Gasteiger partial charge is 0.457 e. The number of hydrogen-bond acceptors (Lipinski definition) is 4. The Balaban J connectivity index is 1.63. The van der Waals surface area contributed by atoms with E-state index in [2.05, 4.69) is 11.1 Å². The molecule has 4 rings (SSSR count). The first-order valence-corrected chi connectivity index (χ1v) is 10.4. The molecule has 0 atom stereocenters. The van der Waals surface area contributed by atoms with Crippen LogP contribution in [-0.2, 0) is 0 Å². The highest BCUT2D eigenvalue weighted by Crippen LogP contribution is 2.31. The lowest BCUT2D eigenvalue weighted by Crippen LogP contribution is -1.82. The van der Waals surface area contributed by atoms with Crippen molar-refractivity contribution >= 4 is 57.8 Å². The summed E-state index contributed by atoms with van der Waals surface area (Å²) in [6, 6.07) is 18.4. The lowest BCUT2D eigenvalue weighted by atomic mass is 10.2. The van der Waals surface area contributed by atoms with E-state index >= 15 is 0 Å². The zero-order valence-electron chi connectivity index (χ0n) is 14.7. The van der Waals surface area contributed by atoms with Gasteiger partial charge < -0.3 is 4.42 Å². The number of halogens is 3. The highest BCUT2D eigenvalue weighted by Gasteiger charge is 2.11. The normalized spacial score (nSPS) is 11.4. The van der Waals surface area contributed by atoms with Gasteiger partial charge in [0.2, 0.25) is 0 Å². The van der Waals surface area contributed by atoms with E-state index in [9.17, 15) is 5.26 Å². The van der Waals surface area contributed by atoms with Gasteiger partial charge in [-0.05, 0) is 42.5 Å². The van der Waals surface area contributed by atoms with E-state index in [1.54, 1.807) is 30.3 Å². The van der Waals surface area contributed by atoms with Crippen molar-refractivity contribution in [2.24, 2.45) is 0 Å². The second kappa shape index (κ2) is 8.44. The van der Waals surface area contributed by atoms with Gasteiger partial charge >= 0.3 is 0 Å². The quantitative estimate of drug-likeness (QED) is 0.291. The average molecular weight is 458 g/mol. The third kappa shape index (κ3) is 4.55. The highest BCUT2D eigenvalue weighted by atomic mass is 35.5. The zero-order chi connectivity index (χ0) is 20.4. The molecule has 0 spiro atoms. The summed E-state index contributed by atoms with van der Waals surface area (Å²) < 4.78 is 5.86. The molecule has 3 nitrogen and oxygen atoms in total. The molecule has 0 radical (unpaired) electrons. The minimum atomic E-state index is 0.417. The van der Waals surface area contributed by atoms with Crippen molar-refractivity contribution in [1.29, 1.82) is 5.26 Å². The SMILES string of the molecule is N#C/C(=C\c1ccc(-c2cc(Cl)cc(Cl)c2)o1)c1nc(-c2ccc(Cl)cc2)cs1. The van der Waals surface area contributed by atoms with Crippen molar-refractivity contribution in [2.75, 3.05) is 0 Å². The third-order valence-electron chi connectivity index (χ3n) is 4.06. The second-order valence-corrected chi connectivity index (χ2v) is 8.24. The van der Waals surface area contributed by atoms with Crippen molar-refractivity contribution in [3.63, 3.8) is 0 Å². The van der Waals surface area contributed by atoms with Crippen molar-refractivity contribution in [2.45, 2.75) is 0 Å². The van der Waals surface area contributed by atoms with E-state index in [0.29, 0.717) is 37.2 Å². The fraction of sp³-hybridized carbons (Fsp3) is 0. The standard InChI is InChI=1S/C22H11Cl3N2OS/c23-16-3-1-13(2-4-16)20-12-29-22(27-20)15(11-26)9-19-5-6-21(28-19)14-7-17(24)10-18(25)8-14/h1-10,12H/b15-9+. The molecule has 2 aromatic carbocycles. The molecule has 0 saturated heterocycles. The lowest BCUT2D eigenvalue weighted by molar-refractivity contribution is 0.572. The molecule has 2 aromatic heterocycles. The Morgan fingerprint density at radius 3 is 2.34 bits per heavy atom. The Morgan fingerprint density at radius 1 is 0.931 bits per heavy atom. The van der Waals surface area contributed by atoms with Gasteiger partial charge in [-0.25, -0.2) is 4.98 Å². The Labute approximate surface area is 186 Å². The number of nitrogens with zero attached hydrogens (tertiary/aromatic N) is 2. The summed E-state index contributed by atoms with van der Waals surface area (Å²) >= 11 is 19.5. The molecule has 29 heavy (non-hydrogen) atoms. The van der Waals surface area contributed by atoms with Gasteiger partial charge in [0.1, 0.15) is 22.6 Å². The van der Waals surface area contributed by atoms with E-state index in [0.717, 1.165) is 16.8 Å². The van der Waals surface area contributed by atoms with Crippen molar-refractivity contribution in [3.05, 3.63) is 85.8 Å². The fourth-order valence-electron chi connectivity index (χ4n) is 2.72. The molecular formula is C22H11Cl3N2OS. The number of nitriles is 1. The number of thiazole rings is 1. The maximum Gasteiger partial charge on any atom is 0.134 e. The summed E-state index contributed by atoms with van der Waals surface area (Å²) in [7, 11) is 0. The Hall–Kier alpha value is -2.55. The Morgan fingerprint density at radius 2 is 1.66 bits per heavy atom. The van der Waals surface area contributed by atoms with E-state index in [4.69, 9.17) is 39.2 Å². The first kappa shape index (κ1) is 19.8. The topological polar surface area (TPSA) is 49.8 Å². The second-order valence-electron chi connectivity index (χ2n) is 6.07. The van der Waals surface area contributed by atoms with Gasteiger partial charge in [0.25, 0.3) is 0 Å². The molecule has 0 fully saturated rings. The third-order valence-corrected chi connectivity index (χ3v) is 5.62. The first-order valence-electron chi connectivity index (χ1n) is 8.42. The summed E-state index contributed by atoms with van der Waals surface area (Å²) in [5.41, 5.74) is 2.91. The van der Waals surface area contributed by atoms with Crippen LogP contribution in [-0.4, -0.2) is 4.98 Å². The first-order chi connectivity index (χ1) is 14.0. The van der Waals surface area contributed by atoms with Crippen LogP contribution in [0.2, 0.25) is 15.1 Å². The molecule has 142 valence electrons. The van der Waals surface area contributed by atoms with Crippen LogP contribution in [0.15, 0.2) is 64.4 Å². The van der Waals surface area contributed by atoms with E-state index in [1.807, 2.05) is 35.7 Å². The predicted octanol–water partition coefficient (Wildman–Crippen LogP) is 8.09. The van der Waals surface area contributed by atoms with Crippen LogP contribution < -0.4 is 0 Å². The van der Waals surface area contributed by atoms with Gasteiger partial charge in [-0.1, -0.05) is 46.9 Å². The lowest BCUT2D eigenvalue weighted by Gasteiger charge is -1.99. The fourth-order valence-corrected chi connectivity index (χ4v) is 4.16. The molecule has 0 unspecified atom stereocenters. The van der Waals surface area contributed by atoms with Gasteiger partial charge in [-0.15, -0.1) is 11.3 Å². The maximum absolute atomic E-state index is 9.61. The van der Waals surface area contributed by atoms with Crippen molar-refractivity contribution < 1.29 is 4.42 Å². The average Bonchev–Trinajstić information content (AvgIpc) is 3.36. The molecule has 4 aromatic rings. The number of hydrogen-bond donors (Lipinski definition) is 0. The number of benzene rings is 2. The van der Waals surface area contributed by atoms with E-state index in [-0.39, 0.29) is 0 Å². The summed E-state index contributed by atoms with van der Waals surface area (Å²) in [6.07, 6.45) is 1.67. The summed E-state index contributed by atoms with van der Waals surface area (Å²) in [5, 5.41) is 13.8. The minimum absolute atomic E-state index is 0.417. The van der Waals surface area contributed by atoms with Crippen LogP contribution in [0, 0.1) is 11.3 Å². The predicted molar refractivity (Wildman–Crippen MR) is 120 cm³/mol. The molecule has 7 heteroatoms. The molecule has 0 aliphatic rings. The summed E-state index contributed by atoms with van der Waals surface area (Å²) in [5.74, 6) is 1.15. The number of allylic oxidation sites excluding steroid dienone is 1. The molecule has 2 heterocycles. The van der Waals surface area contributed by atoms with E-state index in [1.165, 1.54) is 11.3 Å². The molecule has 0 N–H and O–H groups in total. The molecule has 0 bridgehead atoms. The van der Waals surface area contributed by atoms with Gasteiger partial charge in [-0.2, -0.15) is 5.26 Å². The van der Waals surface area contributed by atoms with Crippen LogP contribution in [0.1, 0.15) is 10.8 Å². The van der Waals surface area contributed by atoms with Crippen LogP contribution in [0.5, 0.6) is 0 Å². The van der Waals surface area contributed by atoms with Gasteiger partial charge in [0, 0.05) is 37.7 Å². The van der Waals surface area contributed by atoms with Gasteiger partial charge in [-0.3, -0.25) is 0 Å². The van der Waals surface area contributed by atoms with Gasteiger partial charge in [0.05, 0.1) is 11.3 Å². The van der Waals surface area contributed by atoms with Crippen LogP contribution in [0.4, 0.5) is 0 Å². The molecule has 0 aliphatic heterocycles. The highest BCUT2D eigenvalue weighted by molar-refractivity contribution is 7.11. The number of aromatic nitrogens is 1. The molecule has 0 aliphatic carbocycles. The minimum Gasteiger partial charge on any atom is -0.457 e.